The summed E-state index contributed by atoms with van der Waals surface area (Å²) >= 11 is 12.3. The van der Waals surface area contributed by atoms with Crippen LogP contribution in [0.1, 0.15) is 24.1 Å². The van der Waals surface area contributed by atoms with Crippen molar-refractivity contribution >= 4 is 35.0 Å². The Labute approximate surface area is 182 Å². The fraction of sp³-hybridized carbons (Fsp3) is 0.429. The van der Waals surface area contributed by atoms with Gasteiger partial charge in [-0.05, 0) is 43.3 Å². The summed E-state index contributed by atoms with van der Waals surface area (Å²) in [5.41, 5.74) is 2.07. The van der Waals surface area contributed by atoms with Gasteiger partial charge in [0.1, 0.15) is 5.82 Å². The number of rotatable bonds is 5. The normalized spacial score (nSPS) is 16.6. The predicted octanol–water partition coefficient (Wildman–Crippen LogP) is 3.57. The third-order valence-electron chi connectivity index (χ3n) is 5.10. The first-order valence-electron chi connectivity index (χ1n) is 9.77. The average Bonchev–Trinajstić information content (AvgIpc) is 2.72. The topological polar surface area (TPSA) is 55.8 Å². The van der Waals surface area contributed by atoms with Crippen molar-refractivity contribution in [3.05, 3.63) is 57.7 Å². The van der Waals surface area contributed by atoms with Gasteiger partial charge in [0.2, 0.25) is 0 Å². The van der Waals surface area contributed by atoms with E-state index in [9.17, 15) is 0 Å². The lowest BCUT2D eigenvalue weighted by molar-refractivity contribution is 0.312. The van der Waals surface area contributed by atoms with Crippen molar-refractivity contribution in [2.24, 2.45) is 4.99 Å². The first-order chi connectivity index (χ1) is 14.0. The van der Waals surface area contributed by atoms with E-state index in [0.717, 1.165) is 43.1 Å². The Balaban J connectivity index is 1.54. The Morgan fingerprint density at radius 2 is 1.93 bits per heavy atom. The number of aromatic nitrogens is 1. The molecular formula is C21H28Cl2N6. The molecule has 0 spiro atoms. The molecule has 0 radical (unpaired) electrons. The number of hydrogen-bond donors (Lipinski definition) is 2. The lowest BCUT2D eigenvalue weighted by Crippen LogP contribution is -2.44. The van der Waals surface area contributed by atoms with Crippen LogP contribution in [0.25, 0.3) is 0 Å². The minimum Gasteiger partial charge on any atom is -0.354 e. The molecule has 0 bridgehead atoms. The molecule has 1 atom stereocenters. The molecule has 29 heavy (non-hydrogen) atoms. The summed E-state index contributed by atoms with van der Waals surface area (Å²) in [6.07, 6.45) is 1.92. The van der Waals surface area contributed by atoms with Crippen molar-refractivity contribution in [1.82, 2.24) is 20.5 Å². The van der Waals surface area contributed by atoms with Gasteiger partial charge in [0.15, 0.2) is 5.96 Å². The molecule has 3 rings (SSSR count). The van der Waals surface area contributed by atoms with Gasteiger partial charge in [-0.15, -0.1) is 0 Å². The number of nitrogens with zero attached hydrogens (tertiary/aromatic N) is 4. The minimum absolute atomic E-state index is 0.0105. The summed E-state index contributed by atoms with van der Waals surface area (Å²) in [7, 11) is 3.91. The predicted molar refractivity (Wildman–Crippen MR) is 122 cm³/mol. The van der Waals surface area contributed by atoms with E-state index in [1.165, 1.54) is 0 Å². The summed E-state index contributed by atoms with van der Waals surface area (Å²) in [6, 6.07) is 9.71. The van der Waals surface area contributed by atoms with Crippen LogP contribution < -0.4 is 15.5 Å². The van der Waals surface area contributed by atoms with Gasteiger partial charge < -0.3 is 20.4 Å². The Morgan fingerprint density at radius 1 is 1.17 bits per heavy atom. The van der Waals surface area contributed by atoms with Crippen molar-refractivity contribution in [2.45, 2.75) is 19.5 Å². The largest absolute Gasteiger partial charge is 0.354 e. The van der Waals surface area contributed by atoms with Crippen LogP contribution >= 0.6 is 23.2 Å². The van der Waals surface area contributed by atoms with E-state index in [1.54, 1.807) is 13.1 Å². The minimum atomic E-state index is -0.0105. The molecular weight excluding hydrogens is 407 g/mol. The van der Waals surface area contributed by atoms with Crippen molar-refractivity contribution < 1.29 is 0 Å². The molecule has 0 aliphatic carbocycles. The molecule has 1 aromatic heterocycles. The first kappa shape index (κ1) is 21.7. The zero-order chi connectivity index (χ0) is 20.8. The molecule has 156 valence electrons. The lowest BCUT2D eigenvalue weighted by atomic mass is 10.1. The molecule has 6 nitrogen and oxygen atoms in total. The van der Waals surface area contributed by atoms with Crippen LogP contribution in [0.5, 0.6) is 0 Å². The van der Waals surface area contributed by atoms with Gasteiger partial charge in [-0.2, -0.15) is 0 Å². The number of likely N-dealkylation sites (N-methyl/N-ethyl adjacent to an activating group) is 1. The summed E-state index contributed by atoms with van der Waals surface area (Å²) < 4.78 is 0. The van der Waals surface area contributed by atoms with E-state index in [0.29, 0.717) is 22.5 Å². The molecule has 1 unspecified atom stereocenters. The van der Waals surface area contributed by atoms with Crippen LogP contribution in [-0.4, -0.2) is 56.1 Å². The Hall–Kier alpha value is -2.02. The quantitative estimate of drug-likeness (QED) is 0.556. The number of nitrogens with one attached hydrogen (secondary N) is 2. The molecule has 2 N–H and O–H groups in total. The number of piperazine rings is 1. The monoisotopic (exact) mass is 434 g/mol. The first-order valence-corrected chi connectivity index (χ1v) is 10.5. The van der Waals surface area contributed by atoms with E-state index < -0.39 is 0 Å². The standard InChI is InChI=1S/C21H28Cl2N6/c1-15(18-6-5-17(22)12-19(18)23)27-21(24-2)26-14-16-4-7-20(25-13-16)29-10-8-28(3)9-11-29/h4-7,12-13,15H,8-11,14H2,1-3H3,(H2,24,26,27). The van der Waals surface area contributed by atoms with Crippen LogP contribution in [0.3, 0.4) is 0 Å². The molecule has 1 aliphatic rings. The van der Waals surface area contributed by atoms with E-state index in [4.69, 9.17) is 23.2 Å². The van der Waals surface area contributed by atoms with E-state index in [1.807, 2.05) is 25.3 Å². The van der Waals surface area contributed by atoms with Crippen LogP contribution in [0.4, 0.5) is 5.82 Å². The third kappa shape index (κ3) is 5.98. The van der Waals surface area contributed by atoms with Gasteiger partial charge in [-0.25, -0.2) is 4.98 Å². The highest BCUT2D eigenvalue weighted by Gasteiger charge is 2.15. The lowest BCUT2D eigenvalue weighted by Gasteiger charge is -2.33. The third-order valence-corrected chi connectivity index (χ3v) is 5.66. The molecule has 0 amide bonds. The van der Waals surface area contributed by atoms with E-state index >= 15 is 0 Å². The van der Waals surface area contributed by atoms with Crippen molar-refractivity contribution in [3.8, 4) is 0 Å². The maximum absolute atomic E-state index is 6.31. The fourth-order valence-corrected chi connectivity index (χ4v) is 3.83. The molecule has 1 fully saturated rings. The highest BCUT2D eigenvalue weighted by molar-refractivity contribution is 6.35. The molecule has 2 aromatic rings. The van der Waals surface area contributed by atoms with Crippen LogP contribution in [0.2, 0.25) is 10.0 Å². The van der Waals surface area contributed by atoms with Crippen LogP contribution in [-0.2, 0) is 6.54 Å². The molecule has 2 heterocycles. The summed E-state index contributed by atoms with van der Waals surface area (Å²) in [5, 5.41) is 7.95. The molecule has 0 saturated carbocycles. The number of halogens is 2. The van der Waals surface area contributed by atoms with Crippen LogP contribution in [0.15, 0.2) is 41.5 Å². The highest BCUT2D eigenvalue weighted by Crippen LogP contribution is 2.26. The van der Waals surface area contributed by atoms with Crippen molar-refractivity contribution in [1.29, 1.82) is 0 Å². The Kier molecular flexibility index (Phi) is 7.58. The van der Waals surface area contributed by atoms with Gasteiger partial charge in [0, 0.05) is 56.0 Å². The van der Waals surface area contributed by atoms with Gasteiger partial charge in [-0.1, -0.05) is 35.3 Å². The number of pyridine rings is 1. The van der Waals surface area contributed by atoms with Gasteiger partial charge in [-0.3, -0.25) is 4.99 Å². The zero-order valence-electron chi connectivity index (χ0n) is 17.1. The number of benzene rings is 1. The number of guanidine groups is 1. The second kappa shape index (κ2) is 10.1. The second-order valence-electron chi connectivity index (χ2n) is 7.27. The van der Waals surface area contributed by atoms with Crippen molar-refractivity contribution in [2.75, 3.05) is 45.2 Å². The molecule has 1 aliphatic heterocycles. The summed E-state index contributed by atoms with van der Waals surface area (Å²) in [5.74, 6) is 1.74. The zero-order valence-corrected chi connectivity index (χ0v) is 18.6. The molecule has 8 heteroatoms. The van der Waals surface area contributed by atoms with E-state index in [2.05, 4.69) is 49.6 Å². The summed E-state index contributed by atoms with van der Waals surface area (Å²) in [6.45, 7) is 6.85. The number of hydrogen-bond acceptors (Lipinski definition) is 4. The second-order valence-corrected chi connectivity index (χ2v) is 8.12. The average molecular weight is 435 g/mol. The molecule has 1 aromatic carbocycles. The SMILES string of the molecule is CN=C(NCc1ccc(N2CCN(C)CC2)nc1)NC(C)c1ccc(Cl)cc1Cl. The Bertz CT molecular complexity index is 832. The van der Waals surface area contributed by atoms with Crippen LogP contribution in [0, 0.1) is 0 Å². The number of anilines is 1. The van der Waals surface area contributed by atoms with E-state index in [-0.39, 0.29) is 6.04 Å². The maximum atomic E-state index is 6.31. The van der Waals surface area contributed by atoms with Gasteiger partial charge in [0.25, 0.3) is 0 Å². The Morgan fingerprint density at radius 3 is 2.55 bits per heavy atom. The molecule has 1 saturated heterocycles. The smallest absolute Gasteiger partial charge is 0.191 e. The number of aliphatic imine (C=N–C) groups is 1. The maximum Gasteiger partial charge on any atom is 0.191 e. The van der Waals surface area contributed by atoms with Gasteiger partial charge >= 0.3 is 0 Å². The van der Waals surface area contributed by atoms with Crippen molar-refractivity contribution in [3.63, 3.8) is 0 Å². The highest BCUT2D eigenvalue weighted by atomic mass is 35.5. The fourth-order valence-electron chi connectivity index (χ4n) is 3.26. The summed E-state index contributed by atoms with van der Waals surface area (Å²) in [4.78, 5) is 13.6. The van der Waals surface area contributed by atoms with Gasteiger partial charge in [0.05, 0.1) is 6.04 Å².